The summed E-state index contributed by atoms with van der Waals surface area (Å²) in [5.74, 6) is -0.517. The molecule has 0 N–H and O–H groups in total. The summed E-state index contributed by atoms with van der Waals surface area (Å²) in [6, 6.07) is 12.0. The molecule has 2 aromatic carbocycles. The van der Waals surface area contributed by atoms with Gasteiger partial charge < -0.3 is 19.1 Å². The summed E-state index contributed by atoms with van der Waals surface area (Å²) in [6.45, 7) is 1.11. The van der Waals surface area contributed by atoms with E-state index in [1.807, 2.05) is 30.3 Å². The normalized spacial score (nSPS) is 14.1. The molecule has 1 amide bonds. The van der Waals surface area contributed by atoms with Gasteiger partial charge >= 0.3 is 12.1 Å². The van der Waals surface area contributed by atoms with Crippen LogP contribution in [0.3, 0.4) is 0 Å². The van der Waals surface area contributed by atoms with Gasteiger partial charge in [-0.05, 0) is 21.5 Å². The number of rotatable bonds is 6. The number of likely N-dealkylation sites (tertiary alicyclic amines) is 1. The molecule has 1 heterocycles. The van der Waals surface area contributed by atoms with Crippen molar-refractivity contribution in [2.75, 3.05) is 20.2 Å². The number of nitrogens with zero attached hydrogens (tertiary/aromatic N) is 2. The number of hydrogen-bond donors (Lipinski definition) is 0. The number of methoxy groups -OCH3 is 1. The molecule has 2 aromatic rings. The molecule has 164 valence electrons. The first kappa shape index (κ1) is 22.5. The predicted molar refractivity (Wildman–Crippen MR) is 114 cm³/mol. The summed E-state index contributed by atoms with van der Waals surface area (Å²) in [6.07, 6.45) is 0.502. The van der Waals surface area contributed by atoms with Gasteiger partial charge in [0.2, 0.25) is 0 Å². The number of nitro benzene ring substituents is 1. The summed E-state index contributed by atoms with van der Waals surface area (Å²) < 4.78 is 16.3. The molecule has 9 nitrogen and oxygen atoms in total. The molecule has 3 rings (SSSR count). The van der Waals surface area contributed by atoms with Gasteiger partial charge in [-0.2, -0.15) is 0 Å². The highest BCUT2D eigenvalue weighted by molar-refractivity contribution is 9.10. The number of esters is 1. The molecule has 10 heteroatoms. The topological polar surface area (TPSA) is 108 Å². The Hall–Kier alpha value is -3.14. The van der Waals surface area contributed by atoms with Gasteiger partial charge in [0.05, 0.1) is 16.5 Å². The van der Waals surface area contributed by atoms with Crippen LogP contribution >= 0.6 is 15.9 Å². The van der Waals surface area contributed by atoms with Gasteiger partial charge in [0.25, 0.3) is 5.69 Å². The third-order valence-corrected chi connectivity index (χ3v) is 5.47. The third kappa shape index (κ3) is 5.72. The summed E-state index contributed by atoms with van der Waals surface area (Å²) in [5, 5.41) is 11.2. The number of carbonyl (C=O) groups excluding carboxylic acids is 2. The Labute approximate surface area is 187 Å². The molecule has 31 heavy (non-hydrogen) atoms. The molecule has 0 bridgehead atoms. The first-order valence-electron chi connectivity index (χ1n) is 9.57. The van der Waals surface area contributed by atoms with Crippen molar-refractivity contribution >= 4 is 33.7 Å². The highest BCUT2D eigenvalue weighted by Gasteiger charge is 2.28. The fraction of sp³-hybridized carbons (Fsp3) is 0.333. The van der Waals surface area contributed by atoms with Gasteiger partial charge in [-0.15, -0.1) is 0 Å². The number of halogens is 1. The lowest BCUT2D eigenvalue weighted by Gasteiger charge is -2.31. The number of carbonyl (C=O) groups is 2. The quantitative estimate of drug-likeness (QED) is 0.335. The summed E-state index contributed by atoms with van der Waals surface area (Å²) in [4.78, 5) is 36.4. The molecule has 0 radical (unpaired) electrons. The maximum absolute atomic E-state index is 12.3. The third-order valence-electron chi connectivity index (χ3n) is 4.85. The van der Waals surface area contributed by atoms with Crippen molar-refractivity contribution < 1.29 is 28.7 Å². The van der Waals surface area contributed by atoms with Crippen LogP contribution in [0.5, 0.6) is 5.75 Å². The molecule has 1 aliphatic heterocycles. The van der Waals surface area contributed by atoms with E-state index in [-0.39, 0.29) is 30.1 Å². The van der Waals surface area contributed by atoms with Crippen LogP contribution in [0.15, 0.2) is 46.9 Å². The van der Waals surface area contributed by atoms with Crippen molar-refractivity contribution in [1.29, 1.82) is 0 Å². The van der Waals surface area contributed by atoms with Gasteiger partial charge in [-0.3, -0.25) is 10.1 Å². The smallest absolute Gasteiger partial charge is 0.410 e. The first-order valence-corrected chi connectivity index (χ1v) is 10.4. The Morgan fingerprint density at radius 2 is 1.87 bits per heavy atom. The van der Waals surface area contributed by atoms with Gasteiger partial charge in [-0.25, -0.2) is 9.59 Å². The molecule has 0 atom stereocenters. The van der Waals surface area contributed by atoms with Crippen LogP contribution in [-0.2, 0) is 16.1 Å². The second kappa shape index (κ2) is 10.3. The van der Waals surface area contributed by atoms with E-state index in [9.17, 15) is 19.7 Å². The number of amides is 1. The fourth-order valence-corrected chi connectivity index (χ4v) is 3.63. The van der Waals surface area contributed by atoms with Crippen molar-refractivity contribution in [2.45, 2.75) is 25.6 Å². The lowest BCUT2D eigenvalue weighted by atomic mass is 10.1. The maximum Gasteiger partial charge on any atom is 0.410 e. The zero-order valence-corrected chi connectivity index (χ0v) is 18.4. The van der Waals surface area contributed by atoms with Crippen molar-refractivity contribution in [1.82, 2.24) is 4.90 Å². The molecule has 1 saturated heterocycles. The van der Waals surface area contributed by atoms with Gasteiger partial charge in [-0.1, -0.05) is 30.3 Å². The number of piperidine rings is 1. The van der Waals surface area contributed by atoms with Crippen LogP contribution in [0, 0.1) is 10.1 Å². The Morgan fingerprint density at radius 3 is 2.48 bits per heavy atom. The monoisotopic (exact) mass is 492 g/mol. The minimum atomic E-state index is -0.819. The molecule has 0 aromatic heterocycles. The molecular formula is C21H21BrN2O7. The minimum Gasteiger partial charge on any atom is -0.489 e. The number of ether oxygens (including phenoxy) is 3. The largest absolute Gasteiger partial charge is 0.489 e. The summed E-state index contributed by atoms with van der Waals surface area (Å²) in [7, 11) is 1.15. The van der Waals surface area contributed by atoms with Crippen LogP contribution in [0.25, 0.3) is 0 Å². The van der Waals surface area contributed by atoms with E-state index >= 15 is 0 Å². The second-order valence-electron chi connectivity index (χ2n) is 6.89. The van der Waals surface area contributed by atoms with Gasteiger partial charge in [0, 0.05) is 38.1 Å². The van der Waals surface area contributed by atoms with Crippen LogP contribution < -0.4 is 4.74 Å². The molecule has 1 fully saturated rings. The fourth-order valence-electron chi connectivity index (χ4n) is 3.20. The van der Waals surface area contributed by atoms with Crippen LogP contribution in [-0.4, -0.2) is 48.2 Å². The molecule has 0 spiro atoms. The minimum absolute atomic E-state index is 0.187. The molecular weight excluding hydrogens is 472 g/mol. The van der Waals surface area contributed by atoms with Crippen LogP contribution in [0.1, 0.15) is 28.8 Å². The van der Waals surface area contributed by atoms with E-state index in [0.29, 0.717) is 36.2 Å². The molecule has 0 saturated carbocycles. The lowest BCUT2D eigenvalue weighted by molar-refractivity contribution is -0.385. The number of hydrogen-bond acceptors (Lipinski definition) is 7. The standard InChI is InChI=1S/C21H21BrN2O7/c1-29-20(25)16-11-19(17(22)12-18(16)24(27)28)31-15-7-9-23(10-8-15)21(26)30-13-14-5-3-2-4-6-14/h2-6,11-12,15H,7-10,13H2,1H3. The zero-order chi connectivity index (χ0) is 22.4. The lowest BCUT2D eigenvalue weighted by Crippen LogP contribution is -2.42. The van der Waals surface area contributed by atoms with Gasteiger partial charge in [0.1, 0.15) is 24.0 Å². The zero-order valence-electron chi connectivity index (χ0n) is 16.8. The van der Waals surface area contributed by atoms with Crippen molar-refractivity contribution in [3.63, 3.8) is 0 Å². The van der Waals surface area contributed by atoms with Crippen LogP contribution in [0.4, 0.5) is 10.5 Å². The van der Waals surface area contributed by atoms with E-state index < -0.39 is 10.9 Å². The average Bonchev–Trinajstić information content (AvgIpc) is 2.79. The van der Waals surface area contributed by atoms with Crippen molar-refractivity contribution in [3.8, 4) is 5.75 Å². The second-order valence-corrected chi connectivity index (χ2v) is 7.75. The highest BCUT2D eigenvalue weighted by Crippen LogP contribution is 2.34. The summed E-state index contributed by atoms with van der Waals surface area (Å²) in [5.41, 5.74) is 0.355. The van der Waals surface area contributed by atoms with Gasteiger partial charge in [0.15, 0.2) is 0 Å². The van der Waals surface area contributed by atoms with E-state index in [4.69, 9.17) is 9.47 Å². The average molecular weight is 493 g/mol. The Kier molecular flexibility index (Phi) is 7.45. The Balaban J connectivity index is 1.58. The van der Waals surface area contributed by atoms with E-state index in [2.05, 4.69) is 20.7 Å². The Bertz CT molecular complexity index is 960. The van der Waals surface area contributed by atoms with Crippen LogP contribution in [0.2, 0.25) is 0 Å². The highest BCUT2D eigenvalue weighted by atomic mass is 79.9. The maximum atomic E-state index is 12.3. The molecule has 1 aliphatic rings. The predicted octanol–water partition coefficient (Wildman–Crippen LogP) is 4.32. The van der Waals surface area contributed by atoms with Crippen molar-refractivity contribution in [2.24, 2.45) is 0 Å². The first-order chi connectivity index (χ1) is 14.9. The molecule has 0 aliphatic carbocycles. The number of nitro groups is 1. The van der Waals surface area contributed by atoms with Crippen molar-refractivity contribution in [3.05, 3.63) is 68.2 Å². The number of benzene rings is 2. The molecule has 0 unspecified atom stereocenters. The SMILES string of the molecule is COC(=O)c1cc(OC2CCN(C(=O)OCc3ccccc3)CC2)c(Br)cc1[N+](=O)[O-]. The van der Waals surface area contributed by atoms with E-state index in [1.54, 1.807) is 4.90 Å². The van der Waals surface area contributed by atoms with E-state index in [1.165, 1.54) is 12.1 Å². The van der Waals surface area contributed by atoms with E-state index in [0.717, 1.165) is 12.7 Å². The Morgan fingerprint density at radius 1 is 1.19 bits per heavy atom. The summed E-state index contributed by atoms with van der Waals surface area (Å²) >= 11 is 3.26.